The molecular weight excluding hydrogens is 284 g/mol. The van der Waals surface area contributed by atoms with Gasteiger partial charge in [0.05, 0.1) is 19.0 Å². The maximum Gasteiger partial charge on any atom is 0.155 e. The highest BCUT2D eigenvalue weighted by molar-refractivity contribution is 5.25. The van der Waals surface area contributed by atoms with Crippen LogP contribution in [0.3, 0.4) is 0 Å². The van der Waals surface area contributed by atoms with Gasteiger partial charge in [0, 0.05) is 5.92 Å². The number of hydrogen-bond acceptors (Lipinski definition) is 3. The fourth-order valence-corrected chi connectivity index (χ4v) is 2.59. The summed E-state index contributed by atoms with van der Waals surface area (Å²) < 4.78 is 5.73. The van der Waals surface area contributed by atoms with Crippen molar-refractivity contribution >= 4 is 0 Å². The third kappa shape index (κ3) is 6.01. The smallest absolute Gasteiger partial charge is 0.155 e. The van der Waals surface area contributed by atoms with E-state index in [1.165, 1.54) is 37.7 Å². The van der Waals surface area contributed by atoms with E-state index in [2.05, 4.69) is 35.9 Å². The Morgan fingerprint density at radius 3 is 2.26 bits per heavy atom. The molecule has 0 fully saturated rings. The maximum atomic E-state index is 5.73. The van der Waals surface area contributed by atoms with Crippen molar-refractivity contribution in [3.05, 3.63) is 54.1 Å². The van der Waals surface area contributed by atoms with Gasteiger partial charge in [0.15, 0.2) is 5.75 Å². The van der Waals surface area contributed by atoms with Crippen LogP contribution < -0.4 is 4.74 Å². The van der Waals surface area contributed by atoms with Crippen LogP contribution >= 0.6 is 0 Å². The summed E-state index contributed by atoms with van der Waals surface area (Å²) in [5.41, 5.74) is 1.23. The van der Waals surface area contributed by atoms with Gasteiger partial charge in [-0.3, -0.25) is 0 Å². The Morgan fingerprint density at radius 2 is 1.57 bits per heavy atom. The van der Waals surface area contributed by atoms with Crippen molar-refractivity contribution in [2.24, 2.45) is 0 Å². The van der Waals surface area contributed by atoms with Crippen LogP contribution in [0, 0.1) is 0 Å². The fourth-order valence-electron chi connectivity index (χ4n) is 2.59. The lowest BCUT2D eigenvalue weighted by atomic mass is 10.0. The second-order valence-corrected chi connectivity index (χ2v) is 6.03. The van der Waals surface area contributed by atoms with Crippen LogP contribution in [0.15, 0.2) is 42.7 Å². The predicted molar refractivity (Wildman–Crippen MR) is 94.9 cm³/mol. The van der Waals surface area contributed by atoms with E-state index in [-0.39, 0.29) is 5.92 Å². The van der Waals surface area contributed by atoms with Crippen LogP contribution in [0.2, 0.25) is 0 Å². The van der Waals surface area contributed by atoms with Gasteiger partial charge in [-0.05, 0) is 12.0 Å². The quantitative estimate of drug-likeness (QED) is 0.553. The highest BCUT2D eigenvalue weighted by atomic mass is 16.5. The van der Waals surface area contributed by atoms with E-state index in [1.54, 1.807) is 12.4 Å². The Labute approximate surface area is 140 Å². The molecule has 0 aliphatic heterocycles. The molecule has 1 aromatic carbocycles. The molecule has 124 valence electrons. The van der Waals surface area contributed by atoms with Crippen molar-refractivity contribution in [3.63, 3.8) is 0 Å². The lowest BCUT2D eigenvalue weighted by molar-refractivity contribution is 0.301. The first-order valence-corrected chi connectivity index (χ1v) is 8.81. The van der Waals surface area contributed by atoms with Crippen molar-refractivity contribution in [1.29, 1.82) is 0 Å². The molecule has 1 atom stereocenters. The molecule has 0 radical (unpaired) electrons. The summed E-state index contributed by atoms with van der Waals surface area (Å²) in [5.74, 6) is 1.80. The Kier molecular flexibility index (Phi) is 7.58. The maximum absolute atomic E-state index is 5.73. The summed E-state index contributed by atoms with van der Waals surface area (Å²) >= 11 is 0. The zero-order valence-electron chi connectivity index (χ0n) is 14.4. The molecule has 0 aliphatic rings. The summed E-state index contributed by atoms with van der Waals surface area (Å²) in [6.07, 6.45) is 11.2. The van der Waals surface area contributed by atoms with E-state index in [9.17, 15) is 0 Å². The first kappa shape index (κ1) is 17.5. The Balaban J connectivity index is 1.74. The van der Waals surface area contributed by atoms with Crippen molar-refractivity contribution in [3.8, 4) is 5.75 Å². The average Bonchev–Trinajstić information content (AvgIpc) is 2.61. The van der Waals surface area contributed by atoms with Gasteiger partial charge in [-0.2, -0.15) is 0 Å². The highest BCUT2D eigenvalue weighted by Crippen LogP contribution is 2.21. The summed E-state index contributed by atoms with van der Waals surface area (Å²) in [4.78, 5) is 8.92. The molecule has 0 saturated carbocycles. The molecule has 3 heteroatoms. The number of benzene rings is 1. The third-order valence-electron chi connectivity index (χ3n) is 4.10. The van der Waals surface area contributed by atoms with Gasteiger partial charge in [-0.25, -0.2) is 9.97 Å². The molecule has 0 saturated heterocycles. The van der Waals surface area contributed by atoms with Crippen LogP contribution in [0.4, 0.5) is 0 Å². The number of nitrogens with zero attached hydrogens (tertiary/aromatic N) is 2. The lowest BCUT2D eigenvalue weighted by Crippen LogP contribution is -2.04. The van der Waals surface area contributed by atoms with Gasteiger partial charge in [-0.1, -0.05) is 76.3 Å². The Bertz CT molecular complexity index is 539. The van der Waals surface area contributed by atoms with Crippen molar-refractivity contribution in [2.75, 3.05) is 6.61 Å². The normalized spacial score (nSPS) is 12.1. The molecule has 0 bridgehead atoms. The number of unbranched alkanes of at least 4 members (excludes halogenated alkanes) is 5. The minimum Gasteiger partial charge on any atom is -0.490 e. The average molecular weight is 312 g/mol. The summed E-state index contributed by atoms with van der Waals surface area (Å²) in [6, 6.07) is 10.3. The van der Waals surface area contributed by atoms with Gasteiger partial charge < -0.3 is 4.74 Å². The zero-order valence-corrected chi connectivity index (χ0v) is 14.4. The van der Waals surface area contributed by atoms with Crippen LogP contribution in [0.1, 0.15) is 69.7 Å². The van der Waals surface area contributed by atoms with E-state index in [0.29, 0.717) is 0 Å². The molecule has 0 N–H and O–H groups in total. The Morgan fingerprint density at radius 1 is 0.913 bits per heavy atom. The molecule has 1 heterocycles. The molecule has 0 aliphatic carbocycles. The van der Waals surface area contributed by atoms with Gasteiger partial charge in [0.2, 0.25) is 0 Å². The van der Waals surface area contributed by atoms with Crippen molar-refractivity contribution in [2.45, 2.75) is 58.3 Å². The van der Waals surface area contributed by atoms with E-state index in [1.807, 2.05) is 18.2 Å². The molecule has 0 amide bonds. The van der Waals surface area contributed by atoms with E-state index < -0.39 is 0 Å². The number of rotatable bonds is 10. The minimum absolute atomic E-state index is 0.198. The number of aromatic nitrogens is 2. The first-order chi connectivity index (χ1) is 11.3. The van der Waals surface area contributed by atoms with Gasteiger partial charge in [-0.15, -0.1) is 0 Å². The van der Waals surface area contributed by atoms with Crippen molar-refractivity contribution < 1.29 is 4.74 Å². The highest BCUT2D eigenvalue weighted by Gasteiger charge is 2.10. The monoisotopic (exact) mass is 312 g/mol. The number of hydrogen-bond donors (Lipinski definition) is 0. The molecule has 3 nitrogen and oxygen atoms in total. The SMILES string of the molecule is CCCCCCCCOc1cnc(C(C)c2ccccc2)nc1. The van der Waals surface area contributed by atoms with E-state index >= 15 is 0 Å². The summed E-state index contributed by atoms with van der Waals surface area (Å²) in [6.45, 7) is 5.12. The van der Waals surface area contributed by atoms with Gasteiger partial charge in [0.1, 0.15) is 5.82 Å². The second-order valence-electron chi connectivity index (χ2n) is 6.03. The Hall–Kier alpha value is -1.90. The third-order valence-corrected chi connectivity index (χ3v) is 4.10. The minimum atomic E-state index is 0.198. The lowest BCUT2D eigenvalue weighted by Gasteiger charge is -2.11. The first-order valence-electron chi connectivity index (χ1n) is 8.81. The zero-order chi connectivity index (χ0) is 16.3. The van der Waals surface area contributed by atoms with Gasteiger partial charge in [0.25, 0.3) is 0 Å². The second kappa shape index (κ2) is 9.98. The van der Waals surface area contributed by atoms with Gasteiger partial charge >= 0.3 is 0 Å². The largest absolute Gasteiger partial charge is 0.490 e. The van der Waals surface area contributed by atoms with Crippen LogP contribution in [-0.4, -0.2) is 16.6 Å². The van der Waals surface area contributed by atoms with Crippen molar-refractivity contribution in [1.82, 2.24) is 9.97 Å². The molecule has 2 aromatic rings. The molecular formula is C20H28N2O. The summed E-state index contributed by atoms with van der Waals surface area (Å²) in [5, 5.41) is 0. The fraction of sp³-hybridized carbons (Fsp3) is 0.500. The molecule has 23 heavy (non-hydrogen) atoms. The molecule has 0 spiro atoms. The molecule has 1 unspecified atom stereocenters. The molecule has 2 rings (SSSR count). The molecule has 1 aromatic heterocycles. The standard InChI is InChI=1S/C20H28N2O/c1-3-4-5-6-7-11-14-23-19-15-21-20(22-16-19)17(2)18-12-9-8-10-13-18/h8-10,12-13,15-17H,3-7,11,14H2,1-2H3. The summed E-state index contributed by atoms with van der Waals surface area (Å²) in [7, 11) is 0. The topological polar surface area (TPSA) is 35.0 Å². The van der Waals surface area contributed by atoms with E-state index in [0.717, 1.165) is 24.6 Å². The van der Waals surface area contributed by atoms with Crippen LogP contribution in [0.5, 0.6) is 5.75 Å². The predicted octanol–water partition coefficient (Wildman–Crippen LogP) is 5.37. The van der Waals surface area contributed by atoms with E-state index in [4.69, 9.17) is 4.74 Å². The van der Waals surface area contributed by atoms with Crippen LogP contribution in [0.25, 0.3) is 0 Å². The number of ether oxygens (including phenoxy) is 1. The van der Waals surface area contributed by atoms with Crippen LogP contribution in [-0.2, 0) is 0 Å².